The van der Waals surface area contributed by atoms with Crippen LogP contribution >= 0.6 is 11.8 Å². The topological polar surface area (TPSA) is 50.1 Å². The molecular formula is C9H15NO2S. The van der Waals surface area contributed by atoms with E-state index >= 15 is 0 Å². The first-order valence-electron chi connectivity index (χ1n) is 4.30. The smallest absolute Gasteiger partial charge is 0.319 e. The number of nitriles is 1. The zero-order valence-electron chi connectivity index (χ0n) is 8.24. The van der Waals surface area contributed by atoms with Crippen LogP contribution in [0.2, 0.25) is 0 Å². The van der Waals surface area contributed by atoms with Crippen molar-refractivity contribution >= 4 is 17.7 Å². The van der Waals surface area contributed by atoms with E-state index in [2.05, 4.69) is 0 Å². The Labute approximate surface area is 83.4 Å². The van der Waals surface area contributed by atoms with Crippen molar-refractivity contribution < 1.29 is 9.53 Å². The van der Waals surface area contributed by atoms with Gasteiger partial charge in [-0.25, -0.2) is 0 Å². The van der Waals surface area contributed by atoms with E-state index < -0.39 is 0 Å². The van der Waals surface area contributed by atoms with Crippen molar-refractivity contribution in [3.8, 4) is 6.07 Å². The van der Waals surface area contributed by atoms with Crippen molar-refractivity contribution in [1.82, 2.24) is 0 Å². The fourth-order valence-corrected chi connectivity index (χ4v) is 1.12. The van der Waals surface area contributed by atoms with Gasteiger partial charge in [0.05, 0.1) is 17.9 Å². The van der Waals surface area contributed by atoms with Crippen molar-refractivity contribution in [2.45, 2.75) is 38.5 Å². The molecule has 0 aliphatic carbocycles. The molecule has 0 aromatic carbocycles. The largest absolute Gasteiger partial charge is 0.462 e. The second-order valence-corrected chi connectivity index (χ2v) is 4.10. The third-order valence-electron chi connectivity index (χ3n) is 1.62. The van der Waals surface area contributed by atoms with Gasteiger partial charge in [0, 0.05) is 0 Å². The van der Waals surface area contributed by atoms with Crippen LogP contribution in [0.25, 0.3) is 0 Å². The summed E-state index contributed by atoms with van der Waals surface area (Å²) in [5.41, 5.74) is 0. The maximum Gasteiger partial charge on any atom is 0.319 e. The second kappa shape index (κ2) is 6.79. The quantitative estimate of drug-likeness (QED) is 0.638. The van der Waals surface area contributed by atoms with Crippen LogP contribution in [0, 0.1) is 11.3 Å². The SMILES string of the molecule is CCC(C)OC(=O)C(C)SCC#N. The number of rotatable bonds is 5. The molecule has 2 unspecified atom stereocenters. The lowest BCUT2D eigenvalue weighted by Gasteiger charge is -2.13. The molecular weight excluding hydrogens is 186 g/mol. The Morgan fingerprint density at radius 3 is 2.69 bits per heavy atom. The van der Waals surface area contributed by atoms with E-state index in [0.717, 1.165) is 6.42 Å². The molecule has 0 saturated carbocycles. The summed E-state index contributed by atoms with van der Waals surface area (Å²) >= 11 is 1.30. The highest BCUT2D eigenvalue weighted by Crippen LogP contribution is 2.12. The van der Waals surface area contributed by atoms with E-state index in [1.807, 2.05) is 19.9 Å². The molecule has 0 aliphatic rings. The molecule has 0 aromatic rings. The molecule has 0 N–H and O–H groups in total. The Morgan fingerprint density at radius 1 is 1.62 bits per heavy atom. The predicted molar refractivity (Wildman–Crippen MR) is 53.4 cm³/mol. The van der Waals surface area contributed by atoms with Crippen molar-refractivity contribution in [2.75, 3.05) is 5.75 Å². The lowest BCUT2D eigenvalue weighted by Crippen LogP contribution is -2.22. The summed E-state index contributed by atoms with van der Waals surface area (Å²) in [4.78, 5) is 11.3. The molecule has 0 radical (unpaired) electrons. The third-order valence-corrected chi connectivity index (χ3v) is 2.61. The highest BCUT2D eigenvalue weighted by Gasteiger charge is 2.16. The van der Waals surface area contributed by atoms with Gasteiger partial charge in [-0.05, 0) is 20.3 Å². The first kappa shape index (κ1) is 12.3. The molecule has 0 aromatic heterocycles. The molecule has 4 heteroatoms. The zero-order chi connectivity index (χ0) is 10.3. The van der Waals surface area contributed by atoms with E-state index in [1.54, 1.807) is 6.92 Å². The molecule has 3 nitrogen and oxygen atoms in total. The molecule has 0 bridgehead atoms. The van der Waals surface area contributed by atoms with Crippen LogP contribution in [0.3, 0.4) is 0 Å². The first-order chi connectivity index (χ1) is 6.11. The molecule has 0 heterocycles. The Hall–Kier alpha value is -0.690. The lowest BCUT2D eigenvalue weighted by molar-refractivity contribution is -0.147. The molecule has 74 valence electrons. The number of nitrogens with zero attached hydrogens (tertiary/aromatic N) is 1. The summed E-state index contributed by atoms with van der Waals surface area (Å²) in [7, 11) is 0. The summed E-state index contributed by atoms with van der Waals surface area (Å²) in [6.07, 6.45) is 0.791. The van der Waals surface area contributed by atoms with Crippen molar-refractivity contribution in [3.63, 3.8) is 0 Å². The van der Waals surface area contributed by atoms with Gasteiger partial charge in [-0.3, -0.25) is 4.79 Å². The minimum atomic E-state index is -0.242. The van der Waals surface area contributed by atoms with Gasteiger partial charge >= 0.3 is 5.97 Å². The summed E-state index contributed by atoms with van der Waals surface area (Å²) in [5.74, 6) is 0.103. The average molecular weight is 201 g/mol. The maximum atomic E-state index is 11.3. The van der Waals surface area contributed by atoms with Gasteiger partial charge in [0.2, 0.25) is 0 Å². The van der Waals surface area contributed by atoms with E-state index in [9.17, 15) is 4.79 Å². The number of carbonyl (C=O) groups is 1. The van der Waals surface area contributed by atoms with Crippen LogP contribution in [0.1, 0.15) is 27.2 Å². The molecule has 0 aliphatic heterocycles. The Balaban J connectivity index is 3.76. The highest BCUT2D eigenvalue weighted by molar-refractivity contribution is 8.00. The number of hydrogen-bond donors (Lipinski definition) is 0. The Morgan fingerprint density at radius 2 is 2.23 bits per heavy atom. The van der Waals surface area contributed by atoms with Crippen LogP contribution in [0.4, 0.5) is 0 Å². The molecule has 0 saturated heterocycles. The first-order valence-corrected chi connectivity index (χ1v) is 5.35. The maximum absolute atomic E-state index is 11.3. The lowest BCUT2D eigenvalue weighted by atomic mass is 10.3. The van der Waals surface area contributed by atoms with Gasteiger partial charge in [0.15, 0.2) is 0 Å². The van der Waals surface area contributed by atoms with Crippen LogP contribution in [-0.2, 0) is 9.53 Å². The Bertz CT molecular complexity index is 200. The third kappa shape index (κ3) is 5.53. The van der Waals surface area contributed by atoms with Gasteiger partial charge in [-0.2, -0.15) is 5.26 Å². The molecule has 0 rings (SSSR count). The highest BCUT2D eigenvalue weighted by atomic mass is 32.2. The van der Waals surface area contributed by atoms with Gasteiger partial charge in [0.1, 0.15) is 5.25 Å². The van der Waals surface area contributed by atoms with Gasteiger partial charge in [0.25, 0.3) is 0 Å². The average Bonchev–Trinajstić information content (AvgIpc) is 2.13. The number of esters is 1. The number of hydrogen-bond acceptors (Lipinski definition) is 4. The van der Waals surface area contributed by atoms with Crippen LogP contribution in [0.5, 0.6) is 0 Å². The van der Waals surface area contributed by atoms with E-state index in [1.165, 1.54) is 11.8 Å². The molecule has 0 amide bonds. The van der Waals surface area contributed by atoms with Crippen molar-refractivity contribution in [1.29, 1.82) is 5.26 Å². The van der Waals surface area contributed by atoms with E-state index in [0.29, 0.717) is 5.75 Å². The number of thioether (sulfide) groups is 1. The van der Waals surface area contributed by atoms with Crippen LogP contribution in [-0.4, -0.2) is 23.1 Å². The number of carbonyl (C=O) groups excluding carboxylic acids is 1. The van der Waals surface area contributed by atoms with Crippen molar-refractivity contribution in [2.24, 2.45) is 0 Å². The summed E-state index contributed by atoms with van der Waals surface area (Å²) in [6.45, 7) is 5.58. The molecule has 13 heavy (non-hydrogen) atoms. The summed E-state index contributed by atoms with van der Waals surface area (Å²) in [6, 6.07) is 1.98. The normalized spacial score (nSPS) is 14.3. The predicted octanol–water partition coefficient (Wildman–Crippen LogP) is 1.97. The molecule has 0 fully saturated rings. The number of ether oxygens (including phenoxy) is 1. The van der Waals surface area contributed by atoms with Gasteiger partial charge in [-0.1, -0.05) is 6.92 Å². The second-order valence-electron chi connectivity index (χ2n) is 2.77. The minimum Gasteiger partial charge on any atom is -0.462 e. The Kier molecular flexibility index (Phi) is 6.43. The monoisotopic (exact) mass is 201 g/mol. The van der Waals surface area contributed by atoms with Gasteiger partial charge in [-0.15, -0.1) is 11.8 Å². The summed E-state index contributed by atoms with van der Waals surface area (Å²) in [5, 5.41) is 8.06. The molecule has 0 spiro atoms. The minimum absolute atomic E-state index is 0.0300. The zero-order valence-corrected chi connectivity index (χ0v) is 9.06. The standard InChI is InChI=1S/C9H15NO2S/c1-4-7(2)12-9(11)8(3)13-6-5-10/h7-8H,4,6H2,1-3H3. The molecule has 2 atom stereocenters. The van der Waals surface area contributed by atoms with Crippen LogP contribution < -0.4 is 0 Å². The van der Waals surface area contributed by atoms with Crippen molar-refractivity contribution in [3.05, 3.63) is 0 Å². The van der Waals surface area contributed by atoms with E-state index in [4.69, 9.17) is 10.00 Å². The van der Waals surface area contributed by atoms with Gasteiger partial charge < -0.3 is 4.74 Å². The fourth-order valence-electron chi connectivity index (χ4n) is 0.608. The fraction of sp³-hybridized carbons (Fsp3) is 0.778. The summed E-state index contributed by atoms with van der Waals surface area (Å²) < 4.78 is 5.09. The van der Waals surface area contributed by atoms with E-state index in [-0.39, 0.29) is 17.3 Å². The van der Waals surface area contributed by atoms with Crippen LogP contribution in [0.15, 0.2) is 0 Å².